The number of rotatable bonds is 6. The lowest BCUT2D eigenvalue weighted by molar-refractivity contribution is -0.0498. The molecule has 0 unspecified atom stereocenters. The van der Waals surface area contributed by atoms with Gasteiger partial charge in [-0.1, -0.05) is 47.1 Å². The fourth-order valence-corrected chi connectivity index (χ4v) is 3.70. The normalized spacial score (nSPS) is 11.9. The Morgan fingerprint density at radius 1 is 1.03 bits per heavy atom. The van der Waals surface area contributed by atoms with E-state index in [2.05, 4.69) is 15.0 Å². The molecule has 3 aromatic rings. The zero-order valence-corrected chi connectivity index (χ0v) is 18.3. The molecule has 0 aliphatic rings. The lowest BCUT2D eigenvalue weighted by Gasteiger charge is -2.23. The van der Waals surface area contributed by atoms with Crippen molar-refractivity contribution in [2.75, 3.05) is 5.32 Å². The number of anilines is 1. The third-order valence-electron chi connectivity index (χ3n) is 3.69. The minimum atomic E-state index is -2.84. The molecule has 29 heavy (non-hydrogen) atoms. The highest BCUT2D eigenvalue weighted by Crippen LogP contribution is 2.33. The van der Waals surface area contributed by atoms with Crippen LogP contribution in [-0.4, -0.2) is 22.1 Å². The van der Waals surface area contributed by atoms with Crippen LogP contribution in [0.4, 0.5) is 14.6 Å². The summed E-state index contributed by atoms with van der Waals surface area (Å²) in [5.41, 5.74) is 2.00. The number of alkyl halides is 2. The Kier molecular flexibility index (Phi) is 6.71. The van der Waals surface area contributed by atoms with Crippen molar-refractivity contribution in [1.82, 2.24) is 9.97 Å². The maximum atomic E-state index is 12.3. The van der Waals surface area contributed by atoms with Gasteiger partial charge in [-0.15, -0.1) is 0 Å². The molecular weight excluding hydrogens is 439 g/mol. The first-order chi connectivity index (χ1) is 13.6. The van der Waals surface area contributed by atoms with Crippen molar-refractivity contribution in [2.24, 2.45) is 0 Å². The highest BCUT2D eigenvalue weighted by molar-refractivity contribution is 7.98. The number of nitrogens with one attached hydrogen (secondary N) is 1. The standard InChI is InChI=1S/C20H19Cl2F2N3OS/c1-20(2,3)27-17-18(26-16-9-14(22)13(21)8-15(16)25-17)29-10-11-4-6-12(7-5-11)28-19(23)24/h4-9,19H,10H2,1-3H3,(H,25,27). The van der Waals surface area contributed by atoms with E-state index in [1.165, 1.54) is 23.9 Å². The quantitative estimate of drug-likeness (QED) is 0.402. The van der Waals surface area contributed by atoms with Crippen LogP contribution in [0.25, 0.3) is 11.0 Å². The van der Waals surface area contributed by atoms with Gasteiger partial charge in [-0.2, -0.15) is 8.78 Å². The molecule has 0 bridgehead atoms. The van der Waals surface area contributed by atoms with Gasteiger partial charge in [0.25, 0.3) is 0 Å². The average molecular weight is 458 g/mol. The van der Waals surface area contributed by atoms with Gasteiger partial charge in [0.2, 0.25) is 0 Å². The molecule has 0 aliphatic heterocycles. The number of benzene rings is 2. The van der Waals surface area contributed by atoms with Crippen LogP contribution < -0.4 is 10.1 Å². The van der Waals surface area contributed by atoms with Crippen LogP contribution >= 0.6 is 35.0 Å². The van der Waals surface area contributed by atoms with E-state index < -0.39 is 6.61 Å². The first kappa shape index (κ1) is 21.9. The van der Waals surface area contributed by atoms with E-state index in [0.717, 1.165) is 5.56 Å². The maximum absolute atomic E-state index is 12.3. The van der Waals surface area contributed by atoms with Crippen LogP contribution in [0, 0.1) is 0 Å². The van der Waals surface area contributed by atoms with E-state index in [-0.39, 0.29) is 11.3 Å². The topological polar surface area (TPSA) is 47.0 Å². The zero-order valence-electron chi connectivity index (χ0n) is 16.0. The third-order valence-corrected chi connectivity index (χ3v) is 5.45. The summed E-state index contributed by atoms with van der Waals surface area (Å²) < 4.78 is 28.9. The lowest BCUT2D eigenvalue weighted by atomic mass is 10.1. The van der Waals surface area contributed by atoms with E-state index in [0.29, 0.717) is 37.7 Å². The van der Waals surface area contributed by atoms with E-state index in [9.17, 15) is 8.78 Å². The van der Waals surface area contributed by atoms with Crippen molar-refractivity contribution in [3.8, 4) is 5.75 Å². The number of hydrogen-bond donors (Lipinski definition) is 1. The van der Waals surface area contributed by atoms with Gasteiger partial charge in [0.15, 0.2) is 5.82 Å². The number of aromatic nitrogens is 2. The van der Waals surface area contributed by atoms with Crippen LogP contribution in [0.5, 0.6) is 5.75 Å². The van der Waals surface area contributed by atoms with Gasteiger partial charge in [-0.05, 0) is 50.6 Å². The number of thioether (sulfide) groups is 1. The van der Waals surface area contributed by atoms with Gasteiger partial charge >= 0.3 is 6.61 Å². The summed E-state index contributed by atoms with van der Waals surface area (Å²) in [6.45, 7) is 3.26. The molecule has 2 aromatic carbocycles. The maximum Gasteiger partial charge on any atom is 0.387 e. The number of hydrogen-bond acceptors (Lipinski definition) is 5. The van der Waals surface area contributed by atoms with Crippen molar-refractivity contribution in [3.63, 3.8) is 0 Å². The van der Waals surface area contributed by atoms with Crippen molar-refractivity contribution < 1.29 is 13.5 Å². The van der Waals surface area contributed by atoms with Crippen LogP contribution in [0.15, 0.2) is 41.4 Å². The largest absolute Gasteiger partial charge is 0.435 e. The van der Waals surface area contributed by atoms with E-state index in [1.54, 1.807) is 24.3 Å². The molecular formula is C20H19Cl2F2N3OS. The highest BCUT2D eigenvalue weighted by atomic mass is 35.5. The number of halogens is 4. The fourth-order valence-electron chi connectivity index (χ4n) is 2.49. The molecule has 3 rings (SSSR count). The smallest absolute Gasteiger partial charge is 0.387 e. The van der Waals surface area contributed by atoms with Gasteiger partial charge in [0.05, 0.1) is 21.1 Å². The Bertz CT molecular complexity index is 1010. The molecule has 0 fully saturated rings. The monoisotopic (exact) mass is 457 g/mol. The Hall–Kier alpha value is -1.83. The molecule has 4 nitrogen and oxygen atoms in total. The SMILES string of the molecule is CC(C)(C)Nc1nc2cc(Cl)c(Cl)cc2nc1SCc1ccc(OC(F)F)cc1. The predicted octanol–water partition coefficient (Wildman–Crippen LogP) is 7.04. The lowest BCUT2D eigenvalue weighted by Crippen LogP contribution is -2.27. The van der Waals surface area contributed by atoms with Crippen LogP contribution in [0.1, 0.15) is 26.3 Å². The minimum absolute atomic E-state index is 0.126. The van der Waals surface area contributed by atoms with Crippen LogP contribution in [-0.2, 0) is 5.75 Å². The second kappa shape index (κ2) is 8.90. The van der Waals surface area contributed by atoms with Gasteiger partial charge in [-0.3, -0.25) is 0 Å². The summed E-state index contributed by atoms with van der Waals surface area (Å²) in [5.74, 6) is 1.35. The van der Waals surface area contributed by atoms with Crippen LogP contribution in [0.3, 0.4) is 0 Å². The zero-order chi connectivity index (χ0) is 21.2. The predicted molar refractivity (Wildman–Crippen MR) is 116 cm³/mol. The Morgan fingerprint density at radius 3 is 2.17 bits per heavy atom. The summed E-state index contributed by atoms with van der Waals surface area (Å²) in [6, 6.07) is 9.90. The average Bonchev–Trinajstić information content (AvgIpc) is 2.61. The summed E-state index contributed by atoms with van der Waals surface area (Å²) in [7, 11) is 0. The number of ether oxygens (including phenoxy) is 1. The first-order valence-corrected chi connectivity index (χ1v) is 10.5. The number of fused-ring (bicyclic) bond motifs is 1. The van der Waals surface area contributed by atoms with Crippen molar-refractivity contribution in [3.05, 3.63) is 52.0 Å². The van der Waals surface area contributed by atoms with Gasteiger partial charge in [0.1, 0.15) is 10.8 Å². The fraction of sp³-hybridized carbons (Fsp3) is 0.300. The molecule has 0 spiro atoms. The molecule has 154 valence electrons. The molecule has 0 aliphatic carbocycles. The molecule has 0 amide bonds. The van der Waals surface area contributed by atoms with E-state index >= 15 is 0 Å². The first-order valence-electron chi connectivity index (χ1n) is 8.72. The second-order valence-corrected chi connectivity index (χ2v) is 9.10. The summed E-state index contributed by atoms with van der Waals surface area (Å²) in [6.07, 6.45) is 0. The Balaban J connectivity index is 1.87. The van der Waals surface area contributed by atoms with Gasteiger partial charge in [-0.25, -0.2) is 9.97 Å². The molecule has 0 saturated heterocycles. The Morgan fingerprint density at radius 2 is 1.62 bits per heavy atom. The minimum Gasteiger partial charge on any atom is -0.435 e. The molecule has 1 N–H and O–H groups in total. The van der Waals surface area contributed by atoms with Crippen molar-refractivity contribution in [2.45, 2.75) is 43.7 Å². The van der Waals surface area contributed by atoms with Crippen molar-refractivity contribution in [1.29, 1.82) is 0 Å². The van der Waals surface area contributed by atoms with Crippen molar-refractivity contribution >= 4 is 51.8 Å². The second-order valence-electron chi connectivity index (χ2n) is 7.32. The summed E-state index contributed by atoms with van der Waals surface area (Å²) in [4.78, 5) is 9.38. The third kappa shape index (κ3) is 6.07. The van der Waals surface area contributed by atoms with Gasteiger partial charge in [0, 0.05) is 11.3 Å². The molecule has 0 saturated carbocycles. The van der Waals surface area contributed by atoms with E-state index in [1.807, 2.05) is 20.8 Å². The number of nitrogens with zero attached hydrogens (tertiary/aromatic N) is 2. The molecule has 9 heteroatoms. The summed E-state index contributed by atoms with van der Waals surface area (Å²) >= 11 is 13.7. The van der Waals surface area contributed by atoms with E-state index in [4.69, 9.17) is 28.2 Å². The Labute approximate surface area is 182 Å². The van der Waals surface area contributed by atoms with Gasteiger partial charge < -0.3 is 10.1 Å². The molecule has 1 aromatic heterocycles. The highest BCUT2D eigenvalue weighted by Gasteiger charge is 2.17. The molecule has 0 radical (unpaired) electrons. The van der Waals surface area contributed by atoms with Crippen LogP contribution in [0.2, 0.25) is 10.0 Å². The molecule has 0 atom stereocenters. The molecule has 1 heterocycles. The summed E-state index contributed by atoms with van der Waals surface area (Å²) in [5, 5.41) is 4.91.